The van der Waals surface area contributed by atoms with Gasteiger partial charge in [-0.2, -0.15) is 18.3 Å². The third kappa shape index (κ3) is 8.06. The Kier molecular flexibility index (Phi) is 10.4. The number of aliphatic hydroxyl groups is 1. The highest BCUT2D eigenvalue weighted by Crippen LogP contribution is 2.40. The predicted octanol–water partition coefficient (Wildman–Crippen LogP) is 5.47. The molecule has 10 nitrogen and oxygen atoms in total. The van der Waals surface area contributed by atoms with Crippen molar-refractivity contribution >= 4 is 23.6 Å². The van der Waals surface area contributed by atoms with Gasteiger partial charge < -0.3 is 24.8 Å². The molecule has 0 spiro atoms. The summed E-state index contributed by atoms with van der Waals surface area (Å²) in [6.07, 6.45) is -3.53. The van der Waals surface area contributed by atoms with Crippen molar-refractivity contribution in [1.29, 1.82) is 0 Å². The molecule has 2 fully saturated rings. The molecule has 2 amide bonds. The monoisotopic (exact) mass is 681 g/mol. The number of likely N-dealkylation sites (tertiary alicyclic amines) is 1. The first kappa shape index (κ1) is 33.7. The number of aliphatic hydroxyl groups excluding tert-OH is 1. The third-order valence-electron chi connectivity index (χ3n) is 8.36. The summed E-state index contributed by atoms with van der Waals surface area (Å²) < 4.78 is 52.0. The van der Waals surface area contributed by atoms with Gasteiger partial charge in [0.25, 0.3) is 0 Å². The van der Waals surface area contributed by atoms with Crippen LogP contribution in [0.5, 0.6) is 0 Å². The fraction of sp³-hybridized carbons (Fsp3) is 0.353. The topological polar surface area (TPSA) is 130 Å². The summed E-state index contributed by atoms with van der Waals surface area (Å²) in [6, 6.07) is 21.8. The molecule has 4 aromatic rings. The molecule has 2 aliphatic rings. The zero-order valence-electron chi connectivity index (χ0n) is 25.7. The van der Waals surface area contributed by atoms with Gasteiger partial charge in [-0.05, 0) is 52.8 Å². The normalized spacial score (nSPS) is 21.3. The van der Waals surface area contributed by atoms with E-state index in [1.54, 1.807) is 0 Å². The van der Waals surface area contributed by atoms with Crippen LogP contribution >= 0.6 is 11.8 Å². The summed E-state index contributed by atoms with van der Waals surface area (Å²) in [7, 11) is 0. The summed E-state index contributed by atoms with van der Waals surface area (Å²) in [6.45, 7) is -0.0576. The number of aromatic nitrogens is 3. The van der Waals surface area contributed by atoms with Gasteiger partial charge in [-0.25, -0.2) is 4.98 Å². The van der Waals surface area contributed by atoms with Crippen molar-refractivity contribution in [3.05, 3.63) is 101 Å². The van der Waals surface area contributed by atoms with Gasteiger partial charge in [-0.15, -0.1) is 0 Å². The number of halogens is 3. The maximum absolute atomic E-state index is 13.0. The van der Waals surface area contributed by atoms with E-state index in [9.17, 15) is 27.9 Å². The highest BCUT2D eigenvalue weighted by Gasteiger charge is 2.47. The number of nitrogens with zero attached hydrogens (tertiary/aromatic N) is 3. The van der Waals surface area contributed by atoms with Crippen LogP contribution in [0, 0.1) is 0 Å². The number of carbonyl (C=O) groups excluding carboxylic acids is 2. The van der Waals surface area contributed by atoms with E-state index in [-0.39, 0.29) is 38.3 Å². The van der Waals surface area contributed by atoms with Crippen LogP contribution in [0.15, 0.2) is 84.3 Å². The Morgan fingerprint density at radius 3 is 2.50 bits per heavy atom. The second-order valence-electron chi connectivity index (χ2n) is 11.6. The van der Waals surface area contributed by atoms with Gasteiger partial charge >= 0.3 is 12.1 Å². The second kappa shape index (κ2) is 14.9. The quantitative estimate of drug-likeness (QED) is 0.188. The van der Waals surface area contributed by atoms with E-state index in [1.165, 1.54) is 18.1 Å². The molecule has 0 bridgehead atoms. The number of carbonyl (C=O) groups is 2. The average molecular weight is 682 g/mol. The lowest BCUT2D eigenvalue weighted by molar-refractivity contribution is -0.245. The molecule has 0 radical (unpaired) electrons. The summed E-state index contributed by atoms with van der Waals surface area (Å²) in [5, 5.41) is 19.7. The smallest absolute Gasteiger partial charge is 0.392 e. The number of amides is 2. The molecular formula is C34H34F3N5O5S. The fourth-order valence-corrected chi connectivity index (χ4v) is 6.73. The molecule has 4 unspecified atom stereocenters. The van der Waals surface area contributed by atoms with Crippen LogP contribution < -0.4 is 5.32 Å². The molecule has 3 N–H and O–H groups in total. The molecule has 48 heavy (non-hydrogen) atoms. The van der Waals surface area contributed by atoms with Gasteiger partial charge in [-0.3, -0.25) is 14.7 Å². The molecule has 0 saturated carbocycles. The molecule has 252 valence electrons. The lowest BCUT2D eigenvalue weighted by atomic mass is 9.99. The van der Waals surface area contributed by atoms with Gasteiger partial charge in [0.1, 0.15) is 12.4 Å². The number of thioether (sulfide) groups is 1. The van der Waals surface area contributed by atoms with E-state index in [2.05, 4.69) is 20.5 Å². The minimum atomic E-state index is -5.02. The van der Waals surface area contributed by atoms with Gasteiger partial charge in [0.15, 0.2) is 11.4 Å². The number of ether oxygens (including phenoxy) is 2. The van der Waals surface area contributed by atoms with Crippen molar-refractivity contribution in [1.82, 2.24) is 25.4 Å². The number of H-pyrrole nitrogens is 1. The largest absolute Gasteiger partial charge is 0.471 e. The maximum atomic E-state index is 13.0. The van der Waals surface area contributed by atoms with Crippen LogP contribution in [0.25, 0.3) is 11.1 Å². The molecule has 3 heterocycles. The zero-order valence-corrected chi connectivity index (χ0v) is 26.5. The molecule has 6 rings (SSSR count). The third-order valence-corrected chi connectivity index (χ3v) is 9.37. The summed E-state index contributed by atoms with van der Waals surface area (Å²) >= 11 is 1.51. The molecular weight excluding hydrogens is 647 g/mol. The number of nitrogens with one attached hydrogen (secondary N) is 2. The Bertz CT molecular complexity index is 1710. The van der Waals surface area contributed by atoms with E-state index < -0.39 is 30.3 Å². The van der Waals surface area contributed by atoms with Crippen molar-refractivity contribution in [3.8, 4) is 11.1 Å². The molecule has 3 aromatic carbocycles. The van der Waals surface area contributed by atoms with Gasteiger partial charge in [0, 0.05) is 30.8 Å². The zero-order chi connectivity index (χ0) is 33.7. The minimum Gasteiger partial charge on any atom is -0.392 e. The van der Waals surface area contributed by atoms with Crippen LogP contribution in [-0.2, 0) is 32.2 Å². The van der Waals surface area contributed by atoms with Crippen molar-refractivity contribution in [2.24, 2.45) is 0 Å². The van der Waals surface area contributed by atoms with Crippen LogP contribution in [-0.4, -0.2) is 67.6 Å². The predicted molar refractivity (Wildman–Crippen MR) is 170 cm³/mol. The minimum absolute atomic E-state index is 0.0452. The standard InChI is InChI=1S/C34H34F3N5O5S/c35-34(36,37)32(45)42-13-3-8-28(42)30(44)38-17-22-4-1-5-24(14-22)25-6-2-7-26(15-25)31-46-27(19-48-33-39-20-40-41-33)16-29(47-31)23-11-9-21(18-43)10-12-23/h1-2,4-7,9-12,14-15,20,27-29,31,43H,3,8,13,16-19H2,(H,38,44)(H,39,40,41). The Balaban J connectivity index is 1.16. The lowest BCUT2D eigenvalue weighted by Gasteiger charge is -2.36. The Morgan fingerprint density at radius 1 is 1.00 bits per heavy atom. The first-order valence-corrected chi connectivity index (χ1v) is 16.5. The van der Waals surface area contributed by atoms with E-state index >= 15 is 0 Å². The Hall–Kier alpha value is -4.24. The van der Waals surface area contributed by atoms with Crippen LogP contribution in [0.2, 0.25) is 0 Å². The maximum Gasteiger partial charge on any atom is 0.471 e. The van der Waals surface area contributed by atoms with Gasteiger partial charge in [0.2, 0.25) is 5.91 Å². The Labute approximate surface area is 279 Å². The van der Waals surface area contributed by atoms with Crippen molar-refractivity contribution in [2.45, 2.75) is 68.3 Å². The highest BCUT2D eigenvalue weighted by molar-refractivity contribution is 7.99. The lowest BCUT2D eigenvalue weighted by Crippen LogP contribution is -2.50. The number of alkyl halides is 3. The number of hydrogen-bond acceptors (Lipinski definition) is 8. The number of benzene rings is 3. The first-order chi connectivity index (χ1) is 23.2. The van der Waals surface area contributed by atoms with Crippen LogP contribution in [0.3, 0.4) is 0 Å². The van der Waals surface area contributed by atoms with E-state index in [4.69, 9.17) is 9.47 Å². The highest BCUT2D eigenvalue weighted by atomic mass is 32.2. The summed E-state index contributed by atoms with van der Waals surface area (Å²) in [4.78, 5) is 29.4. The van der Waals surface area contributed by atoms with Crippen molar-refractivity contribution < 1.29 is 37.3 Å². The van der Waals surface area contributed by atoms with E-state index in [1.807, 2.05) is 72.8 Å². The van der Waals surface area contributed by atoms with Crippen molar-refractivity contribution in [2.75, 3.05) is 12.3 Å². The molecule has 2 aliphatic heterocycles. The summed E-state index contributed by atoms with van der Waals surface area (Å²) in [5.41, 5.74) is 5.10. The first-order valence-electron chi connectivity index (χ1n) is 15.5. The number of rotatable bonds is 10. The van der Waals surface area contributed by atoms with Crippen LogP contribution in [0.1, 0.15) is 53.9 Å². The summed E-state index contributed by atoms with van der Waals surface area (Å²) in [5.74, 6) is -1.98. The van der Waals surface area contributed by atoms with Gasteiger partial charge in [0.05, 0.1) is 18.8 Å². The van der Waals surface area contributed by atoms with Crippen molar-refractivity contribution in [3.63, 3.8) is 0 Å². The fourth-order valence-electron chi connectivity index (χ4n) is 5.94. The Morgan fingerprint density at radius 2 is 1.77 bits per heavy atom. The average Bonchev–Trinajstić information content (AvgIpc) is 3.82. The molecule has 0 aliphatic carbocycles. The van der Waals surface area contributed by atoms with E-state index in [0.29, 0.717) is 28.7 Å². The number of hydrogen-bond donors (Lipinski definition) is 3. The molecule has 2 saturated heterocycles. The second-order valence-corrected chi connectivity index (χ2v) is 12.7. The molecule has 1 aromatic heterocycles. The van der Waals surface area contributed by atoms with Crippen LogP contribution in [0.4, 0.5) is 13.2 Å². The van der Waals surface area contributed by atoms with Gasteiger partial charge in [-0.1, -0.05) is 72.4 Å². The molecule has 4 atom stereocenters. The van der Waals surface area contributed by atoms with E-state index in [0.717, 1.165) is 33.4 Å². The SMILES string of the molecule is O=C(NCc1cccc(-c2cccc(C3OC(CSc4ncn[nH]4)CC(c4ccc(CO)cc4)O3)c2)c1)C1CCCN1C(=O)C(F)(F)F. The number of aromatic amines is 1. The molecule has 14 heteroatoms.